The standard InChI is InChI=1S/C24H16O4/c1-4-19-14-21(6-1)27-23-8-3-9-24(16-23)28-22-7-2-5-20(15-22)26-18-12-10-17(25-19)11-13-18/h1-16H. The molecule has 0 radical (unpaired) electrons. The number of benzene rings is 4. The first-order valence-electron chi connectivity index (χ1n) is 8.92. The Hall–Kier alpha value is -3.92. The zero-order chi connectivity index (χ0) is 18.8. The largest absolute Gasteiger partial charge is 0.457 e. The van der Waals surface area contributed by atoms with Gasteiger partial charge in [0.1, 0.15) is 46.0 Å². The van der Waals surface area contributed by atoms with Gasteiger partial charge in [0.25, 0.3) is 0 Å². The van der Waals surface area contributed by atoms with Gasteiger partial charge in [-0.25, -0.2) is 0 Å². The lowest BCUT2D eigenvalue weighted by molar-refractivity contribution is 0.450. The van der Waals surface area contributed by atoms with Crippen LogP contribution in [0.15, 0.2) is 97.1 Å². The molecule has 0 saturated carbocycles. The lowest BCUT2D eigenvalue weighted by atomic mass is 10.3. The van der Waals surface area contributed by atoms with Crippen molar-refractivity contribution < 1.29 is 18.9 Å². The van der Waals surface area contributed by atoms with Gasteiger partial charge in [-0.15, -0.1) is 0 Å². The van der Waals surface area contributed by atoms with Gasteiger partial charge in [-0.3, -0.25) is 0 Å². The summed E-state index contributed by atoms with van der Waals surface area (Å²) >= 11 is 0. The summed E-state index contributed by atoms with van der Waals surface area (Å²) in [6, 6.07) is 30.0. The van der Waals surface area contributed by atoms with Gasteiger partial charge in [0.15, 0.2) is 0 Å². The molecule has 4 nitrogen and oxygen atoms in total. The normalized spacial score (nSPS) is 12.0. The first-order chi connectivity index (χ1) is 13.8. The Bertz CT molecular complexity index is 1030. The third kappa shape index (κ3) is 3.62. The Morgan fingerprint density at radius 1 is 0.286 bits per heavy atom. The number of hydrogen-bond donors (Lipinski definition) is 0. The molecule has 8 bridgehead atoms. The fraction of sp³-hybridized carbons (Fsp3) is 0. The number of fused-ring (bicyclic) bond motifs is 2. The maximum atomic E-state index is 5.98. The summed E-state index contributed by atoms with van der Waals surface area (Å²) in [5.41, 5.74) is 0. The third-order valence-electron chi connectivity index (χ3n) is 4.18. The molecule has 0 amide bonds. The minimum atomic E-state index is 0.676. The van der Waals surface area contributed by atoms with Gasteiger partial charge < -0.3 is 18.9 Å². The number of ether oxygens (including phenoxy) is 4. The van der Waals surface area contributed by atoms with Gasteiger partial charge in [-0.1, -0.05) is 18.2 Å². The van der Waals surface area contributed by atoms with E-state index < -0.39 is 0 Å². The molecule has 0 atom stereocenters. The minimum Gasteiger partial charge on any atom is -0.457 e. The lowest BCUT2D eigenvalue weighted by Gasteiger charge is -2.10. The van der Waals surface area contributed by atoms with Crippen molar-refractivity contribution in [3.8, 4) is 46.0 Å². The van der Waals surface area contributed by atoms with E-state index in [0.29, 0.717) is 46.0 Å². The molecule has 0 spiro atoms. The van der Waals surface area contributed by atoms with E-state index in [4.69, 9.17) is 18.9 Å². The molecule has 2 heterocycles. The molecule has 0 aliphatic carbocycles. The molecule has 0 N–H and O–H groups in total. The fourth-order valence-electron chi connectivity index (χ4n) is 2.92. The molecule has 2 aliphatic rings. The molecule has 0 aromatic heterocycles. The van der Waals surface area contributed by atoms with Gasteiger partial charge in [0, 0.05) is 18.2 Å². The van der Waals surface area contributed by atoms with Crippen LogP contribution >= 0.6 is 0 Å². The topological polar surface area (TPSA) is 36.9 Å². The van der Waals surface area contributed by atoms with Crippen LogP contribution in [0.4, 0.5) is 0 Å². The molecule has 4 aromatic carbocycles. The van der Waals surface area contributed by atoms with Crippen LogP contribution in [-0.2, 0) is 0 Å². The maximum Gasteiger partial charge on any atom is 0.131 e. The highest BCUT2D eigenvalue weighted by Crippen LogP contribution is 2.34. The van der Waals surface area contributed by atoms with Crippen molar-refractivity contribution in [1.29, 1.82) is 0 Å². The van der Waals surface area contributed by atoms with Crippen LogP contribution in [-0.4, -0.2) is 0 Å². The van der Waals surface area contributed by atoms with Gasteiger partial charge in [0.2, 0.25) is 0 Å². The van der Waals surface area contributed by atoms with Gasteiger partial charge in [0.05, 0.1) is 0 Å². The Kier molecular flexibility index (Phi) is 4.07. The van der Waals surface area contributed by atoms with E-state index in [1.165, 1.54) is 0 Å². The average molecular weight is 368 g/mol. The van der Waals surface area contributed by atoms with Crippen LogP contribution in [0.2, 0.25) is 0 Å². The second-order valence-electron chi connectivity index (χ2n) is 6.30. The predicted molar refractivity (Wildman–Crippen MR) is 106 cm³/mol. The van der Waals surface area contributed by atoms with Crippen molar-refractivity contribution in [1.82, 2.24) is 0 Å². The second-order valence-corrected chi connectivity index (χ2v) is 6.30. The zero-order valence-corrected chi connectivity index (χ0v) is 14.9. The predicted octanol–water partition coefficient (Wildman–Crippen LogP) is 7.17. The van der Waals surface area contributed by atoms with Crippen molar-refractivity contribution in [2.24, 2.45) is 0 Å². The first-order valence-corrected chi connectivity index (χ1v) is 8.92. The Balaban J connectivity index is 1.58. The molecule has 4 heteroatoms. The highest BCUT2D eigenvalue weighted by molar-refractivity contribution is 5.45. The van der Waals surface area contributed by atoms with Crippen LogP contribution in [0, 0.1) is 0 Å². The molecule has 0 unspecified atom stereocenters. The third-order valence-corrected chi connectivity index (χ3v) is 4.18. The van der Waals surface area contributed by atoms with Crippen LogP contribution in [0.1, 0.15) is 0 Å². The summed E-state index contributed by atoms with van der Waals surface area (Å²) < 4.78 is 23.8. The number of hydrogen-bond acceptors (Lipinski definition) is 4. The van der Waals surface area contributed by atoms with E-state index in [1.54, 1.807) is 0 Å². The van der Waals surface area contributed by atoms with Gasteiger partial charge in [-0.2, -0.15) is 0 Å². The average Bonchev–Trinajstić information content (AvgIpc) is 2.70. The quantitative estimate of drug-likeness (QED) is 0.290. The number of rotatable bonds is 0. The van der Waals surface area contributed by atoms with Crippen LogP contribution in [0.3, 0.4) is 0 Å². The highest BCUT2D eigenvalue weighted by Gasteiger charge is 2.07. The fourth-order valence-corrected chi connectivity index (χ4v) is 2.92. The Morgan fingerprint density at radius 2 is 0.536 bits per heavy atom. The summed E-state index contributed by atoms with van der Waals surface area (Å²) in [4.78, 5) is 0. The molecule has 6 rings (SSSR count). The molecule has 136 valence electrons. The van der Waals surface area contributed by atoms with E-state index in [0.717, 1.165) is 0 Å². The zero-order valence-electron chi connectivity index (χ0n) is 14.9. The molecule has 4 aromatic rings. The van der Waals surface area contributed by atoms with E-state index in [1.807, 2.05) is 97.1 Å². The highest BCUT2D eigenvalue weighted by atomic mass is 16.5. The smallest absolute Gasteiger partial charge is 0.131 e. The first kappa shape index (κ1) is 16.3. The monoisotopic (exact) mass is 368 g/mol. The Morgan fingerprint density at radius 3 is 0.821 bits per heavy atom. The van der Waals surface area contributed by atoms with Crippen molar-refractivity contribution >= 4 is 0 Å². The summed E-state index contributed by atoms with van der Waals surface area (Å²) in [6.45, 7) is 0. The van der Waals surface area contributed by atoms with Crippen LogP contribution in [0.25, 0.3) is 0 Å². The molecule has 0 fully saturated rings. The molecule has 0 saturated heterocycles. The van der Waals surface area contributed by atoms with Crippen molar-refractivity contribution in [2.45, 2.75) is 0 Å². The van der Waals surface area contributed by atoms with Crippen LogP contribution in [0.5, 0.6) is 46.0 Å². The molecular formula is C24H16O4. The summed E-state index contributed by atoms with van der Waals surface area (Å²) in [5, 5.41) is 0. The second kappa shape index (κ2) is 7.00. The minimum absolute atomic E-state index is 0.676. The molecule has 28 heavy (non-hydrogen) atoms. The van der Waals surface area contributed by atoms with Gasteiger partial charge in [-0.05, 0) is 60.7 Å². The van der Waals surface area contributed by atoms with Crippen molar-refractivity contribution in [3.63, 3.8) is 0 Å². The van der Waals surface area contributed by atoms with E-state index in [2.05, 4.69) is 0 Å². The summed E-state index contributed by atoms with van der Waals surface area (Å²) in [5.74, 6) is 5.53. The molecule has 2 aliphatic heterocycles. The lowest BCUT2D eigenvalue weighted by Crippen LogP contribution is -1.88. The summed E-state index contributed by atoms with van der Waals surface area (Å²) in [7, 11) is 0. The summed E-state index contributed by atoms with van der Waals surface area (Å²) in [6.07, 6.45) is 0. The van der Waals surface area contributed by atoms with Crippen molar-refractivity contribution in [3.05, 3.63) is 97.1 Å². The maximum absolute atomic E-state index is 5.98. The van der Waals surface area contributed by atoms with E-state index in [9.17, 15) is 0 Å². The van der Waals surface area contributed by atoms with E-state index >= 15 is 0 Å². The SMILES string of the molecule is c1cc2cc(c1)Oc1cccc(c1)Oc1cccc(c1)Oc1ccc(cc1)O2. The Labute approximate surface area is 162 Å². The van der Waals surface area contributed by atoms with Crippen molar-refractivity contribution in [2.75, 3.05) is 0 Å². The molecular weight excluding hydrogens is 352 g/mol. The van der Waals surface area contributed by atoms with Gasteiger partial charge >= 0.3 is 0 Å². The van der Waals surface area contributed by atoms with E-state index in [-0.39, 0.29) is 0 Å². The van der Waals surface area contributed by atoms with Crippen LogP contribution < -0.4 is 18.9 Å².